The molecule has 23 heavy (non-hydrogen) atoms. The predicted molar refractivity (Wildman–Crippen MR) is 83.3 cm³/mol. The lowest BCUT2D eigenvalue weighted by Gasteiger charge is -2.08. The highest BCUT2D eigenvalue weighted by Gasteiger charge is 2.39. The fourth-order valence-corrected chi connectivity index (χ4v) is 2.80. The smallest absolute Gasteiger partial charge is 0.317 e. The molecule has 0 atom stereocenters. The molecule has 6 heteroatoms. The number of rotatable bonds is 3. The van der Waals surface area contributed by atoms with Crippen molar-refractivity contribution in [2.45, 2.75) is 32.9 Å². The summed E-state index contributed by atoms with van der Waals surface area (Å²) in [6.07, 6.45) is -0.884. The number of hydrogen-bond donors (Lipinski definition) is 0. The molecule has 0 aliphatic rings. The van der Waals surface area contributed by atoms with Gasteiger partial charge in [0.1, 0.15) is 0 Å². The number of aryl methyl sites for hydroxylation is 3. The molecule has 3 rings (SSSR count). The third-order valence-corrected chi connectivity index (χ3v) is 4.07. The second-order valence-electron chi connectivity index (χ2n) is 5.75. The highest BCUT2D eigenvalue weighted by molar-refractivity contribution is 5.67. The fourth-order valence-electron chi connectivity index (χ4n) is 2.80. The Kier molecular flexibility index (Phi) is 3.70. The van der Waals surface area contributed by atoms with Gasteiger partial charge in [-0.3, -0.25) is 4.40 Å². The molecule has 3 nitrogen and oxygen atoms in total. The monoisotopic (exact) mass is 321 g/mol. The van der Waals surface area contributed by atoms with Crippen molar-refractivity contribution < 1.29 is 13.2 Å². The molecule has 3 aromatic rings. The minimum absolute atomic E-state index is 0.0965. The van der Waals surface area contributed by atoms with E-state index in [0.717, 1.165) is 24.1 Å². The van der Waals surface area contributed by atoms with E-state index in [2.05, 4.69) is 11.9 Å². The molecule has 0 aliphatic heterocycles. The summed E-state index contributed by atoms with van der Waals surface area (Å²) in [5.41, 5.74) is 1.75. The van der Waals surface area contributed by atoms with Gasteiger partial charge in [0.15, 0.2) is 5.69 Å². The Bertz CT molecular complexity index is 839. The Morgan fingerprint density at radius 3 is 2.35 bits per heavy atom. The van der Waals surface area contributed by atoms with Crippen molar-refractivity contribution >= 4 is 5.78 Å². The number of halogens is 3. The Morgan fingerprint density at radius 2 is 1.78 bits per heavy atom. The molecule has 0 aliphatic carbocycles. The molecule has 2 aromatic heterocycles. The summed E-state index contributed by atoms with van der Waals surface area (Å²) in [6.45, 7) is 3.92. The van der Waals surface area contributed by atoms with E-state index >= 15 is 0 Å². The van der Waals surface area contributed by atoms with Crippen LogP contribution in [0.25, 0.3) is 17.0 Å². The average molecular weight is 321 g/mol. The summed E-state index contributed by atoms with van der Waals surface area (Å²) in [6, 6.07) is 7.25. The first kappa shape index (κ1) is 15.6. The Labute approximate surface area is 132 Å². The normalized spacial score (nSPS) is 12.3. The van der Waals surface area contributed by atoms with Crippen LogP contribution in [-0.4, -0.2) is 14.0 Å². The standard InChI is InChI=1S/C17H18F3N3/c1-4-5-12-6-8-13(9-7-12)14-15(17(18,19)20)21-16-22(3)11(2)10-23(14)16/h6-10H,4-5H2,1-3H3. The summed E-state index contributed by atoms with van der Waals surface area (Å²) >= 11 is 0. The van der Waals surface area contributed by atoms with Crippen molar-refractivity contribution in [2.24, 2.45) is 7.05 Å². The van der Waals surface area contributed by atoms with Crippen molar-refractivity contribution in [3.8, 4) is 11.3 Å². The Morgan fingerprint density at radius 1 is 1.13 bits per heavy atom. The van der Waals surface area contributed by atoms with Crippen molar-refractivity contribution in [3.63, 3.8) is 0 Å². The van der Waals surface area contributed by atoms with E-state index in [0.29, 0.717) is 11.3 Å². The van der Waals surface area contributed by atoms with Gasteiger partial charge in [-0.15, -0.1) is 0 Å². The number of aromatic nitrogens is 3. The molecule has 0 amide bonds. The molecular formula is C17H18F3N3. The van der Waals surface area contributed by atoms with E-state index in [1.54, 1.807) is 29.9 Å². The minimum atomic E-state index is -4.49. The van der Waals surface area contributed by atoms with Gasteiger partial charge < -0.3 is 4.57 Å². The first-order valence-corrected chi connectivity index (χ1v) is 7.53. The van der Waals surface area contributed by atoms with Crippen LogP contribution >= 0.6 is 0 Å². The maximum atomic E-state index is 13.4. The van der Waals surface area contributed by atoms with E-state index in [4.69, 9.17) is 0 Å². The van der Waals surface area contributed by atoms with Crippen LogP contribution in [0.2, 0.25) is 0 Å². The molecule has 0 N–H and O–H groups in total. The number of alkyl halides is 3. The zero-order chi connectivity index (χ0) is 16.8. The zero-order valence-electron chi connectivity index (χ0n) is 13.3. The number of benzene rings is 1. The molecule has 122 valence electrons. The van der Waals surface area contributed by atoms with E-state index in [1.807, 2.05) is 19.1 Å². The maximum Gasteiger partial charge on any atom is 0.435 e. The lowest BCUT2D eigenvalue weighted by molar-refractivity contribution is -0.140. The van der Waals surface area contributed by atoms with Gasteiger partial charge in [0.2, 0.25) is 5.78 Å². The van der Waals surface area contributed by atoms with Gasteiger partial charge in [0.25, 0.3) is 0 Å². The van der Waals surface area contributed by atoms with E-state index in [9.17, 15) is 13.2 Å². The molecule has 0 bridgehead atoms. The first-order chi connectivity index (χ1) is 10.8. The van der Waals surface area contributed by atoms with E-state index in [-0.39, 0.29) is 5.69 Å². The van der Waals surface area contributed by atoms with Crippen LogP contribution in [0.5, 0.6) is 0 Å². The average Bonchev–Trinajstić information content (AvgIpc) is 2.98. The van der Waals surface area contributed by atoms with Crippen LogP contribution in [0, 0.1) is 6.92 Å². The fraction of sp³-hybridized carbons (Fsp3) is 0.353. The first-order valence-electron chi connectivity index (χ1n) is 7.53. The molecule has 0 saturated heterocycles. The van der Waals surface area contributed by atoms with Gasteiger partial charge in [-0.2, -0.15) is 13.2 Å². The summed E-state index contributed by atoms with van der Waals surface area (Å²) in [5.74, 6) is 0.294. The molecule has 0 spiro atoms. The van der Waals surface area contributed by atoms with Crippen LogP contribution in [0.15, 0.2) is 30.5 Å². The summed E-state index contributed by atoms with van der Waals surface area (Å²) in [4.78, 5) is 3.84. The minimum Gasteiger partial charge on any atom is -0.317 e. The van der Waals surface area contributed by atoms with E-state index in [1.165, 1.54) is 4.40 Å². The quantitative estimate of drug-likeness (QED) is 0.690. The third-order valence-electron chi connectivity index (χ3n) is 4.07. The highest BCUT2D eigenvalue weighted by Crippen LogP contribution is 2.37. The Hall–Kier alpha value is -2.24. The van der Waals surface area contributed by atoms with Crippen molar-refractivity contribution in [1.82, 2.24) is 14.0 Å². The molecule has 0 fully saturated rings. The van der Waals surface area contributed by atoms with Crippen LogP contribution < -0.4 is 0 Å². The SMILES string of the molecule is CCCc1ccc(-c2c(C(F)(F)F)nc3n(C)c(C)cn23)cc1. The number of imidazole rings is 2. The number of hydrogen-bond acceptors (Lipinski definition) is 1. The maximum absolute atomic E-state index is 13.4. The number of nitrogens with zero attached hydrogens (tertiary/aromatic N) is 3. The van der Waals surface area contributed by atoms with Crippen LogP contribution in [0.3, 0.4) is 0 Å². The van der Waals surface area contributed by atoms with Crippen molar-refractivity contribution in [3.05, 3.63) is 47.4 Å². The third kappa shape index (κ3) is 2.62. The number of fused-ring (bicyclic) bond motifs is 1. The lowest BCUT2D eigenvalue weighted by atomic mass is 10.0. The van der Waals surface area contributed by atoms with Crippen molar-refractivity contribution in [1.29, 1.82) is 0 Å². The predicted octanol–water partition coefficient (Wildman–Crippen LogP) is 4.62. The molecule has 2 heterocycles. The summed E-state index contributed by atoms with van der Waals surface area (Å²) < 4.78 is 43.4. The van der Waals surface area contributed by atoms with Gasteiger partial charge in [-0.25, -0.2) is 4.98 Å². The molecule has 1 aromatic carbocycles. The van der Waals surface area contributed by atoms with Gasteiger partial charge in [0.05, 0.1) is 5.69 Å². The van der Waals surface area contributed by atoms with E-state index < -0.39 is 11.9 Å². The second-order valence-corrected chi connectivity index (χ2v) is 5.75. The van der Waals surface area contributed by atoms with Crippen molar-refractivity contribution in [2.75, 3.05) is 0 Å². The molecule has 0 radical (unpaired) electrons. The van der Waals surface area contributed by atoms with Gasteiger partial charge in [-0.1, -0.05) is 37.6 Å². The Balaban J connectivity index is 2.23. The summed E-state index contributed by atoms with van der Waals surface area (Å²) in [5, 5.41) is 0. The van der Waals surface area contributed by atoms with Crippen LogP contribution in [-0.2, 0) is 19.6 Å². The highest BCUT2D eigenvalue weighted by atomic mass is 19.4. The molecule has 0 saturated carbocycles. The van der Waals surface area contributed by atoms with Gasteiger partial charge in [-0.05, 0) is 18.9 Å². The van der Waals surface area contributed by atoms with Crippen LogP contribution in [0.4, 0.5) is 13.2 Å². The topological polar surface area (TPSA) is 22.2 Å². The largest absolute Gasteiger partial charge is 0.435 e. The van der Waals surface area contributed by atoms with Gasteiger partial charge in [0, 0.05) is 24.5 Å². The molecule has 0 unspecified atom stereocenters. The second kappa shape index (κ2) is 5.44. The lowest BCUT2D eigenvalue weighted by Crippen LogP contribution is -2.08. The summed E-state index contributed by atoms with van der Waals surface area (Å²) in [7, 11) is 1.71. The van der Waals surface area contributed by atoms with Crippen LogP contribution in [0.1, 0.15) is 30.3 Å². The van der Waals surface area contributed by atoms with Gasteiger partial charge >= 0.3 is 6.18 Å². The zero-order valence-corrected chi connectivity index (χ0v) is 13.3. The molecular weight excluding hydrogens is 303 g/mol.